The molecular formula is C14H27N5O. The number of aromatic nitrogens is 2. The number of piperazine rings is 1. The van der Waals surface area contributed by atoms with Gasteiger partial charge in [-0.15, -0.1) is 0 Å². The molecule has 1 aromatic rings. The maximum absolute atomic E-state index is 5.44. The van der Waals surface area contributed by atoms with E-state index in [1.54, 1.807) is 13.3 Å². The van der Waals surface area contributed by atoms with Crippen molar-refractivity contribution in [3.05, 3.63) is 11.9 Å². The van der Waals surface area contributed by atoms with Crippen LogP contribution in [0.25, 0.3) is 0 Å². The van der Waals surface area contributed by atoms with Crippen molar-refractivity contribution in [2.75, 3.05) is 47.9 Å². The summed E-state index contributed by atoms with van der Waals surface area (Å²) in [7, 11) is 10.1. The molecule has 2 unspecified atom stereocenters. The maximum atomic E-state index is 5.44. The number of methoxy groups -OCH3 is 1. The summed E-state index contributed by atoms with van der Waals surface area (Å²) in [5.41, 5.74) is 1.12. The zero-order chi connectivity index (χ0) is 14.7. The zero-order valence-electron chi connectivity index (χ0n) is 13.3. The molecule has 0 aromatic carbocycles. The van der Waals surface area contributed by atoms with E-state index in [0.717, 1.165) is 37.5 Å². The number of rotatable bonds is 5. The lowest BCUT2D eigenvalue weighted by Crippen LogP contribution is -2.51. The summed E-state index contributed by atoms with van der Waals surface area (Å²) in [6.45, 7) is 3.38. The molecule has 1 saturated heterocycles. The molecule has 2 heterocycles. The van der Waals surface area contributed by atoms with E-state index in [4.69, 9.17) is 4.74 Å². The molecular weight excluding hydrogens is 254 g/mol. The van der Waals surface area contributed by atoms with Crippen molar-refractivity contribution in [2.24, 2.45) is 7.05 Å². The number of aryl methyl sites for hydroxylation is 1. The summed E-state index contributed by atoms with van der Waals surface area (Å²) in [5.74, 6) is 0.860. The zero-order valence-corrected chi connectivity index (χ0v) is 13.3. The molecule has 0 radical (unpaired) electrons. The molecule has 6 nitrogen and oxygen atoms in total. The highest BCUT2D eigenvalue weighted by Crippen LogP contribution is 2.28. The third-order valence-corrected chi connectivity index (χ3v) is 4.34. The maximum Gasteiger partial charge on any atom is 0.161 e. The van der Waals surface area contributed by atoms with Crippen LogP contribution in [0.4, 0.5) is 0 Å². The van der Waals surface area contributed by atoms with Gasteiger partial charge in [0.15, 0.2) is 5.75 Å². The van der Waals surface area contributed by atoms with Crippen LogP contribution in [0.5, 0.6) is 5.75 Å². The Morgan fingerprint density at radius 3 is 2.80 bits per heavy atom. The van der Waals surface area contributed by atoms with Gasteiger partial charge in [-0.2, -0.15) is 5.10 Å². The first-order valence-corrected chi connectivity index (χ1v) is 7.18. The first kappa shape index (κ1) is 15.3. The third kappa shape index (κ3) is 3.13. The van der Waals surface area contributed by atoms with Crippen LogP contribution in [0.1, 0.15) is 18.2 Å². The van der Waals surface area contributed by atoms with Crippen molar-refractivity contribution < 1.29 is 4.74 Å². The Balaban J connectivity index is 2.14. The van der Waals surface area contributed by atoms with E-state index >= 15 is 0 Å². The molecule has 1 N–H and O–H groups in total. The van der Waals surface area contributed by atoms with Crippen molar-refractivity contribution in [1.29, 1.82) is 0 Å². The van der Waals surface area contributed by atoms with E-state index in [9.17, 15) is 0 Å². The van der Waals surface area contributed by atoms with Crippen LogP contribution in [0.15, 0.2) is 6.20 Å². The van der Waals surface area contributed by atoms with Gasteiger partial charge < -0.3 is 19.9 Å². The topological polar surface area (TPSA) is 45.6 Å². The van der Waals surface area contributed by atoms with Gasteiger partial charge in [0.05, 0.1) is 25.0 Å². The molecule has 2 atom stereocenters. The second-order valence-electron chi connectivity index (χ2n) is 5.70. The summed E-state index contributed by atoms with van der Waals surface area (Å²) in [6, 6.07) is 0.794. The fourth-order valence-electron chi connectivity index (χ4n) is 2.98. The monoisotopic (exact) mass is 281 g/mol. The molecule has 1 aliphatic rings. The minimum absolute atomic E-state index is 0.247. The van der Waals surface area contributed by atoms with Crippen LogP contribution >= 0.6 is 0 Å². The summed E-state index contributed by atoms with van der Waals surface area (Å²) in [6.07, 6.45) is 2.84. The smallest absolute Gasteiger partial charge is 0.161 e. The minimum Gasteiger partial charge on any atom is -0.493 e. The molecule has 0 bridgehead atoms. The second kappa shape index (κ2) is 6.56. The van der Waals surface area contributed by atoms with Crippen LogP contribution < -0.4 is 10.1 Å². The molecule has 1 fully saturated rings. The standard InChI is InChI=1S/C14H27N5O/c1-15-12(14-13(20-5)9-16-19(14)4)8-11-10-17(2)6-7-18(11)3/h9,11-12,15H,6-8,10H2,1-5H3. The van der Waals surface area contributed by atoms with Crippen molar-refractivity contribution in [1.82, 2.24) is 24.9 Å². The Hall–Kier alpha value is -1.11. The molecule has 1 aromatic heterocycles. The quantitative estimate of drug-likeness (QED) is 0.842. The van der Waals surface area contributed by atoms with E-state index in [-0.39, 0.29) is 6.04 Å². The fourth-order valence-corrected chi connectivity index (χ4v) is 2.98. The van der Waals surface area contributed by atoms with Crippen molar-refractivity contribution >= 4 is 0 Å². The first-order chi connectivity index (χ1) is 9.56. The van der Waals surface area contributed by atoms with E-state index in [1.165, 1.54) is 0 Å². The minimum atomic E-state index is 0.247. The lowest BCUT2D eigenvalue weighted by atomic mass is 10.0. The number of nitrogens with one attached hydrogen (secondary N) is 1. The summed E-state index contributed by atoms with van der Waals surface area (Å²) in [5, 5.41) is 7.73. The van der Waals surface area contributed by atoms with Crippen molar-refractivity contribution in [3.63, 3.8) is 0 Å². The Morgan fingerprint density at radius 1 is 1.40 bits per heavy atom. The summed E-state index contributed by atoms with van der Waals surface area (Å²) in [4.78, 5) is 4.85. The SMILES string of the molecule is CNC(CC1CN(C)CCN1C)c1c(OC)cnn1C. The Kier molecular flexibility index (Phi) is 5.01. The Labute approximate surface area is 121 Å². The average molecular weight is 281 g/mol. The molecule has 114 valence electrons. The fraction of sp³-hybridized carbons (Fsp3) is 0.786. The molecule has 1 aliphatic heterocycles. The van der Waals surface area contributed by atoms with Gasteiger partial charge >= 0.3 is 0 Å². The van der Waals surface area contributed by atoms with Gasteiger partial charge in [-0.3, -0.25) is 4.68 Å². The van der Waals surface area contributed by atoms with Crippen LogP contribution in [0, 0.1) is 0 Å². The summed E-state index contributed by atoms with van der Waals surface area (Å²) < 4.78 is 7.35. The first-order valence-electron chi connectivity index (χ1n) is 7.18. The lowest BCUT2D eigenvalue weighted by molar-refractivity contribution is 0.101. The van der Waals surface area contributed by atoms with Gasteiger partial charge in [0.25, 0.3) is 0 Å². The summed E-state index contributed by atoms with van der Waals surface area (Å²) >= 11 is 0. The highest BCUT2D eigenvalue weighted by Gasteiger charge is 2.28. The van der Waals surface area contributed by atoms with Crippen molar-refractivity contribution in [3.8, 4) is 5.75 Å². The van der Waals surface area contributed by atoms with Gasteiger partial charge in [0.2, 0.25) is 0 Å². The average Bonchev–Trinajstić information content (AvgIpc) is 2.81. The number of hydrogen-bond donors (Lipinski definition) is 1. The van der Waals surface area contributed by atoms with E-state index in [2.05, 4.69) is 34.3 Å². The third-order valence-electron chi connectivity index (χ3n) is 4.34. The molecule has 0 aliphatic carbocycles. The molecule has 0 spiro atoms. The molecule has 6 heteroatoms. The van der Waals surface area contributed by atoms with Gasteiger partial charge in [-0.05, 0) is 27.6 Å². The predicted octanol–water partition coefficient (Wildman–Crippen LogP) is 0.325. The predicted molar refractivity (Wildman–Crippen MR) is 80.1 cm³/mol. The van der Waals surface area contributed by atoms with Gasteiger partial charge in [-0.25, -0.2) is 0 Å². The molecule has 0 saturated carbocycles. The molecule has 20 heavy (non-hydrogen) atoms. The highest BCUT2D eigenvalue weighted by molar-refractivity contribution is 5.28. The van der Waals surface area contributed by atoms with Crippen molar-refractivity contribution in [2.45, 2.75) is 18.5 Å². The van der Waals surface area contributed by atoms with E-state index in [0.29, 0.717) is 6.04 Å². The lowest BCUT2D eigenvalue weighted by Gasteiger charge is -2.39. The van der Waals surface area contributed by atoms with Crippen LogP contribution in [-0.2, 0) is 7.05 Å². The van der Waals surface area contributed by atoms with Crippen LogP contribution in [0.2, 0.25) is 0 Å². The largest absolute Gasteiger partial charge is 0.493 e. The Morgan fingerprint density at radius 2 is 2.15 bits per heavy atom. The Bertz CT molecular complexity index is 433. The number of likely N-dealkylation sites (N-methyl/N-ethyl adjacent to an activating group) is 2. The number of nitrogens with zero attached hydrogens (tertiary/aromatic N) is 4. The van der Waals surface area contributed by atoms with E-state index in [1.807, 2.05) is 18.8 Å². The second-order valence-corrected chi connectivity index (χ2v) is 5.70. The van der Waals surface area contributed by atoms with Gasteiger partial charge in [0.1, 0.15) is 0 Å². The highest BCUT2D eigenvalue weighted by atomic mass is 16.5. The molecule has 2 rings (SSSR count). The number of ether oxygens (including phenoxy) is 1. The molecule has 0 amide bonds. The van der Waals surface area contributed by atoms with Crippen LogP contribution in [0.3, 0.4) is 0 Å². The normalized spacial score (nSPS) is 22.9. The van der Waals surface area contributed by atoms with Gasteiger partial charge in [0, 0.05) is 32.7 Å². The van der Waals surface area contributed by atoms with E-state index < -0.39 is 0 Å². The van der Waals surface area contributed by atoms with Crippen LogP contribution in [-0.4, -0.2) is 73.5 Å². The number of hydrogen-bond acceptors (Lipinski definition) is 5. The van der Waals surface area contributed by atoms with Gasteiger partial charge in [-0.1, -0.05) is 0 Å².